The van der Waals surface area contributed by atoms with Crippen LogP contribution in [0.3, 0.4) is 0 Å². The fourth-order valence-electron chi connectivity index (χ4n) is 3.09. The molecule has 0 radical (unpaired) electrons. The summed E-state index contributed by atoms with van der Waals surface area (Å²) in [5.74, 6) is -0.152. The van der Waals surface area contributed by atoms with Crippen LogP contribution in [-0.2, 0) is 4.79 Å². The number of hydrogen-bond donors (Lipinski definition) is 1. The number of rotatable bonds is 5. The molecule has 0 aromatic carbocycles. The number of carboxylic acid groups (broad SMARTS) is 1. The van der Waals surface area contributed by atoms with Crippen LogP contribution in [0.15, 0.2) is 0 Å². The molecule has 0 saturated heterocycles. The maximum atomic E-state index is 12.4. The summed E-state index contributed by atoms with van der Waals surface area (Å²) in [7, 11) is 3.38. The van der Waals surface area contributed by atoms with Crippen molar-refractivity contribution in [1.29, 1.82) is 0 Å². The zero-order valence-corrected chi connectivity index (χ0v) is 13.1. The van der Waals surface area contributed by atoms with Crippen molar-refractivity contribution in [3.05, 3.63) is 0 Å². The highest BCUT2D eigenvalue weighted by Crippen LogP contribution is 2.29. The Bertz CT molecular complexity index is 338. The zero-order valence-electron chi connectivity index (χ0n) is 13.1. The lowest BCUT2D eigenvalue weighted by molar-refractivity contribution is -0.142. The predicted octanol–water partition coefficient (Wildman–Crippen LogP) is 2.80. The maximum absolute atomic E-state index is 12.4. The lowest BCUT2D eigenvalue weighted by atomic mass is 9.84. The van der Waals surface area contributed by atoms with Gasteiger partial charge < -0.3 is 14.9 Å². The molecule has 1 saturated carbocycles. The third-order valence-electron chi connectivity index (χ3n) is 4.68. The Morgan fingerprint density at radius 1 is 1.15 bits per heavy atom. The lowest BCUT2D eigenvalue weighted by Gasteiger charge is -2.37. The number of carboxylic acids is 1. The van der Waals surface area contributed by atoms with Gasteiger partial charge in [-0.25, -0.2) is 9.59 Å². The van der Waals surface area contributed by atoms with Crippen molar-refractivity contribution < 1.29 is 14.7 Å². The van der Waals surface area contributed by atoms with Crippen LogP contribution in [0.25, 0.3) is 0 Å². The van der Waals surface area contributed by atoms with E-state index in [2.05, 4.69) is 6.92 Å². The monoisotopic (exact) mass is 284 g/mol. The summed E-state index contributed by atoms with van der Waals surface area (Å²) < 4.78 is 0. The highest BCUT2D eigenvalue weighted by Gasteiger charge is 2.31. The van der Waals surface area contributed by atoms with Gasteiger partial charge in [-0.2, -0.15) is 0 Å². The van der Waals surface area contributed by atoms with Crippen LogP contribution in [0.4, 0.5) is 4.79 Å². The van der Waals surface area contributed by atoms with Gasteiger partial charge in [-0.1, -0.05) is 20.3 Å². The van der Waals surface area contributed by atoms with Crippen molar-refractivity contribution >= 4 is 12.0 Å². The summed E-state index contributed by atoms with van der Waals surface area (Å²) in [5.41, 5.74) is 0. The number of hydrogen-bond acceptors (Lipinski definition) is 2. The van der Waals surface area contributed by atoms with E-state index in [9.17, 15) is 9.59 Å². The first-order chi connectivity index (χ1) is 9.42. The first-order valence-corrected chi connectivity index (χ1v) is 7.64. The van der Waals surface area contributed by atoms with Crippen LogP contribution >= 0.6 is 0 Å². The molecule has 0 bridgehead atoms. The number of aliphatic carboxylic acids is 1. The summed E-state index contributed by atoms with van der Waals surface area (Å²) in [5, 5.41) is 9.14. The SMILES string of the molecule is CCC1CCC(N(C)C(=O)N(C)C(CC)C(=O)O)CC1. The highest BCUT2D eigenvalue weighted by atomic mass is 16.4. The van der Waals surface area contributed by atoms with Gasteiger partial charge >= 0.3 is 12.0 Å². The molecule has 0 heterocycles. The van der Waals surface area contributed by atoms with E-state index in [1.807, 2.05) is 0 Å². The minimum Gasteiger partial charge on any atom is -0.480 e. The molecule has 116 valence electrons. The Balaban J connectivity index is 2.60. The summed E-state index contributed by atoms with van der Waals surface area (Å²) >= 11 is 0. The summed E-state index contributed by atoms with van der Waals surface area (Å²) in [6, 6.07) is -0.671. The van der Waals surface area contributed by atoms with E-state index in [-0.39, 0.29) is 12.1 Å². The number of carbonyl (C=O) groups excluding carboxylic acids is 1. The Labute approximate surface area is 121 Å². The van der Waals surface area contributed by atoms with Crippen molar-refractivity contribution in [2.75, 3.05) is 14.1 Å². The largest absolute Gasteiger partial charge is 0.480 e. The molecule has 5 nitrogen and oxygen atoms in total. The fraction of sp³-hybridized carbons (Fsp3) is 0.867. The van der Waals surface area contributed by atoms with Gasteiger partial charge in [0.1, 0.15) is 6.04 Å². The molecule has 0 aromatic rings. The van der Waals surface area contributed by atoms with Gasteiger partial charge in [0.2, 0.25) is 0 Å². The normalized spacial score (nSPS) is 24.0. The van der Waals surface area contributed by atoms with E-state index in [0.717, 1.165) is 18.8 Å². The lowest BCUT2D eigenvalue weighted by Crippen LogP contribution is -2.51. The van der Waals surface area contributed by atoms with Crippen molar-refractivity contribution in [2.45, 2.75) is 64.5 Å². The molecular formula is C15H28N2O3. The van der Waals surface area contributed by atoms with E-state index < -0.39 is 12.0 Å². The quantitative estimate of drug-likeness (QED) is 0.844. The van der Waals surface area contributed by atoms with Gasteiger partial charge in [-0.15, -0.1) is 0 Å². The fourth-order valence-corrected chi connectivity index (χ4v) is 3.09. The van der Waals surface area contributed by atoms with Crippen molar-refractivity contribution in [1.82, 2.24) is 9.80 Å². The molecule has 0 aliphatic heterocycles. The van der Waals surface area contributed by atoms with Crippen LogP contribution in [0.1, 0.15) is 52.4 Å². The van der Waals surface area contributed by atoms with Crippen LogP contribution in [0.2, 0.25) is 0 Å². The van der Waals surface area contributed by atoms with Gasteiger partial charge in [-0.3, -0.25) is 0 Å². The standard InChI is InChI=1S/C15H28N2O3/c1-5-11-7-9-12(10-8-11)16(3)15(20)17(4)13(6-2)14(18)19/h11-13H,5-10H2,1-4H3,(H,18,19). The maximum Gasteiger partial charge on any atom is 0.326 e. The Morgan fingerprint density at radius 2 is 1.70 bits per heavy atom. The minimum atomic E-state index is -0.938. The Hall–Kier alpha value is -1.26. The number of nitrogens with zero attached hydrogens (tertiary/aromatic N) is 2. The van der Waals surface area contributed by atoms with Gasteiger partial charge in [0.15, 0.2) is 0 Å². The molecule has 1 rings (SSSR count). The Kier molecular flexibility index (Phi) is 6.30. The van der Waals surface area contributed by atoms with Crippen LogP contribution in [-0.4, -0.2) is 53.1 Å². The highest BCUT2D eigenvalue weighted by molar-refractivity contribution is 5.82. The third kappa shape index (κ3) is 3.87. The number of amides is 2. The smallest absolute Gasteiger partial charge is 0.326 e. The topological polar surface area (TPSA) is 60.9 Å². The number of carbonyl (C=O) groups is 2. The molecule has 1 fully saturated rings. The first-order valence-electron chi connectivity index (χ1n) is 7.64. The molecule has 1 N–H and O–H groups in total. The van der Waals surface area contributed by atoms with E-state index in [0.29, 0.717) is 6.42 Å². The van der Waals surface area contributed by atoms with Crippen LogP contribution in [0, 0.1) is 5.92 Å². The molecule has 1 atom stereocenters. The molecular weight excluding hydrogens is 256 g/mol. The van der Waals surface area contributed by atoms with Gasteiger partial charge in [0.05, 0.1) is 0 Å². The first kappa shape index (κ1) is 16.8. The van der Waals surface area contributed by atoms with E-state index in [1.54, 1.807) is 25.9 Å². The molecule has 20 heavy (non-hydrogen) atoms. The minimum absolute atomic E-state index is 0.181. The van der Waals surface area contributed by atoms with Crippen LogP contribution in [0.5, 0.6) is 0 Å². The van der Waals surface area contributed by atoms with Gasteiger partial charge in [0, 0.05) is 20.1 Å². The summed E-state index contributed by atoms with van der Waals surface area (Å²) in [6.45, 7) is 4.00. The second kappa shape index (κ2) is 7.50. The molecule has 0 spiro atoms. The van der Waals surface area contributed by atoms with Gasteiger partial charge in [0.25, 0.3) is 0 Å². The summed E-state index contributed by atoms with van der Waals surface area (Å²) in [6.07, 6.45) is 6.02. The number of urea groups is 1. The predicted molar refractivity (Wildman–Crippen MR) is 78.7 cm³/mol. The Morgan fingerprint density at radius 3 is 2.10 bits per heavy atom. The van der Waals surface area contributed by atoms with Crippen LogP contribution < -0.4 is 0 Å². The second-order valence-corrected chi connectivity index (χ2v) is 5.85. The molecule has 5 heteroatoms. The third-order valence-corrected chi connectivity index (χ3v) is 4.68. The van der Waals surface area contributed by atoms with E-state index in [1.165, 1.54) is 24.2 Å². The number of likely N-dealkylation sites (N-methyl/N-ethyl adjacent to an activating group) is 1. The average Bonchev–Trinajstić information content (AvgIpc) is 2.46. The zero-order chi connectivity index (χ0) is 15.3. The average molecular weight is 284 g/mol. The molecule has 2 amide bonds. The molecule has 0 aromatic heterocycles. The van der Waals surface area contributed by atoms with Crippen molar-refractivity contribution in [2.24, 2.45) is 5.92 Å². The summed E-state index contributed by atoms with van der Waals surface area (Å²) in [4.78, 5) is 26.6. The van der Waals surface area contributed by atoms with Gasteiger partial charge in [-0.05, 0) is 38.0 Å². The molecule has 1 aliphatic carbocycles. The molecule has 1 aliphatic rings. The van der Waals surface area contributed by atoms with E-state index >= 15 is 0 Å². The molecule has 1 unspecified atom stereocenters. The van der Waals surface area contributed by atoms with Crippen molar-refractivity contribution in [3.63, 3.8) is 0 Å². The second-order valence-electron chi connectivity index (χ2n) is 5.85. The van der Waals surface area contributed by atoms with Crippen molar-refractivity contribution in [3.8, 4) is 0 Å². The van der Waals surface area contributed by atoms with E-state index in [4.69, 9.17) is 5.11 Å².